The maximum atomic E-state index is 8.79. The van der Waals surface area contributed by atoms with Gasteiger partial charge in [0.1, 0.15) is 0 Å². The summed E-state index contributed by atoms with van der Waals surface area (Å²) in [7, 11) is 0. The first-order chi connectivity index (χ1) is 3.70. The molecule has 1 saturated heterocycles. The summed E-state index contributed by atoms with van der Waals surface area (Å²) >= 11 is 0. The van der Waals surface area contributed by atoms with Gasteiger partial charge in [-0.05, 0) is 0 Å². The van der Waals surface area contributed by atoms with Crippen LogP contribution in [0.5, 0.6) is 0 Å². The summed E-state index contributed by atoms with van der Waals surface area (Å²) in [5.74, 6) is 0.0741. The Bertz CT molecular complexity index is 73.7. The molecule has 0 saturated carbocycles. The van der Waals surface area contributed by atoms with E-state index in [1.54, 1.807) is 0 Å². The van der Waals surface area contributed by atoms with Gasteiger partial charge >= 0.3 is 0 Å². The van der Waals surface area contributed by atoms with Crippen LogP contribution in [0.3, 0.4) is 0 Å². The number of hydrogen-bond donors (Lipinski definition) is 2. The van der Waals surface area contributed by atoms with E-state index in [0.717, 1.165) is 0 Å². The number of rotatable bonds is 0. The first-order valence-corrected chi connectivity index (χ1v) is 2.71. The van der Waals surface area contributed by atoms with Crippen molar-refractivity contribution in [2.24, 2.45) is 5.92 Å². The first-order valence-electron chi connectivity index (χ1n) is 2.71. The van der Waals surface area contributed by atoms with E-state index >= 15 is 0 Å². The van der Waals surface area contributed by atoms with Crippen molar-refractivity contribution in [3.8, 4) is 0 Å². The van der Waals surface area contributed by atoms with Crippen LogP contribution < -0.4 is 0 Å². The Morgan fingerprint density at radius 3 is 2.25 bits per heavy atom. The summed E-state index contributed by atoms with van der Waals surface area (Å²) in [5.41, 5.74) is 0. The second-order valence-corrected chi connectivity index (χ2v) is 2.19. The molecule has 2 N–H and O–H groups in total. The highest BCUT2D eigenvalue weighted by molar-refractivity contribution is 4.64. The van der Waals surface area contributed by atoms with Gasteiger partial charge in [0.05, 0.1) is 0 Å². The van der Waals surface area contributed by atoms with E-state index in [1.165, 1.54) is 0 Å². The molecule has 0 aromatic carbocycles. The third-order valence-electron chi connectivity index (χ3n) is 1.36. The number of ether oxygens (including phenoxy) is 1. The van der Waals surface area contributed by atoms with Gasteiger partial charge in [-0.3, -0.25) is 0 Å². The van der Waals surface area contributed by atoms with Crippen LogP contribution in [0.15, 0.2) is 0 Å². The van der Waals surface area contributed by atoms with Gasteiger partial charge in [0.15, 0.2) is 12.6 Å². The molecule has 1 aliphatic heterocycles. The Hall–Kier alpha value is -0.120. The third kappa shape index (κ3) is 0.992. The third-order valence-corrected chi connectivity index (χ3v) is 1.36. The van der Waals surface area contributed by atoms with Crippen molar-refractivity contribution in [3.05, 3.63) is 0 Å². The molecule has 0 bridgehead atoms. The molecule has 1 heterocycles. The van der Waals surface area contributed by atoms with E-state index in [0.29, 0.717) is 6.42 Å². The molecule has 3 nitrogen and oxygen atoms in total. The van der Waals surface area contributed by atoms with Gasteiger partial charge < -0.3 is 14.9 Å². The van der Waals surface area contributed by atoms with Crippen LogP contribution in [0.1, 0.15) is 13.3 Å². The number of aliphatic hydroxyl groups is 2. The minimum absolute atomic E-state index is 0.0741. The van der Waals surface area contributed by atoms with Crippen molar-refractivity contribution >= 4 is 0 Å². The second-order valence-electron chi connectivity index (χ2n) is 2.19. The molecular formula is C5H10O3. The Morgan fingerprint density at radius 1 is 1.50 bits per heavy atom. The summed E-state index contributed by atoms with van der Waals surface area (Å²) in [5, 5.41) is 17.5. The van der Waals surface area contributed by atoms with Crippen molar-refractivity contribution < 1.29 is 14.9 Å². The molecule has 1 aliphatic rings. The zero-order valence-electron chi connectivity index (χ0n) is 4.74. The molecule has 8 heavy (non-hydrogen) atoms. The monoisotopic (exact) mass is 118 g/mol. The van der Waals surface area contributed by atoms with Gasteiger partial charge in [0.25, 0.3) is 0 Å². The van der Waals surface area contributed by atoms with E-state index in [4.69, 9.17) is 10.2 Å². The topological polar surface area (TPSA) is 49.7 Å². The maximum absolute atomic E-state index is 8.79. The van der Waals surface area contributed by atoms with E-state index in [-0.39, 0.29) is 5.92 Å². The summed E-state index contributed by atoms with van der Waals surface area (Å²) in [6.45, 7) is 1.83. The quantitative estimate of drug-likeness (QED) is 0.458. The predicted molar refractivity (Wildman–Crippen MR) is 26.9 cm³/mol. The van der Waals surface area contributed by atoms with Gasteiger partial charge in [-0.15, -0.1) is 0 Å². The highest BCUT2D eigenvalue weighted by Gasteiger charge is 2.28. The summed E-state index contributed by atoms with van der Waals surface area (Å²) in [6, 6.07) is 0. The fraction of sp³-hybridized carbons (Fsp3) is 1.00. The van der Waals surface area contributed by atoms with Crippen LogP contribution in [-0.2, 0) is 4.74 Å². The van der Waals surface area contributed by atoms with E-state index < -0.39 is 12.6 Å². The molecule has 1 unspecified atom stereocenters. The van der Waals surface area contributed by atoms with Gasteiger partial charge in [0, 0.05) is 12.3 Å². The van der Waals surface area contributed by atoms with E-state index in [9.17, 15) is 0 Å². The average Bonchev–Trinajstić information content (AvgIpc) is 1.85. The van der Waals surface area contributed by atoms with Gasteiger partial charge in [-0.1, -0.05) is 6.92 Å². The van der Waals surface area contributed by atoms with E-state index in [2.05, 4.69) is 4.74 Å². The normalized spacial score (nSPS) is 47.6. The number of aliphatic hydroxyl groups excluding tert-OH is 2. The summed E-state index contributed by atoms with van der Waals surface area (Å²) in [6.07, 6.45) is -0.966. The lowest BCUT2D eigenvalue weighted by Crippen LogP contribution is -2.11. The van der Waals surface area contributed by atoms with Crippen molar-refractivity contribution in [1.29, 1.82) is 0 Å². The fourth-order valence-corrected chi connectivity index (χ4v) is 0.785. The molecule has 0 aromatic heterocycles. The Morgan fingerprint density at radius 2 is 2.12 bits per heavy atom. The average molecular weight is 118 g/mol. The fourth-order valence-electron chi connectivity index (χ4n) is 0.785. The lowest BCUT2D eigenvalue weighted by molar-refractivity contribution is -0.167. The molecule has 0 spiro atoms. The lowest BCUT2D eigenvalue weighted by Gasteiger charge is -2.03. The van der Waals surface area contributed by atoms with Crippen molar-refractivity contribution in [2.45, 2.75) is 25.9 Å². The first kappa shape index (κ1) is 6.01. The van der Waals surface area contributed by atoms with Crippen molar-refractivity contribution in [2.75, 3.05) is 0 Å². The molecule has 0 aromatic rings. The molecule has 48 valence electrons. The second kappa shape index (κ2) is 2.01. The Labute approximate surface area is 47.9 Å². The van der Waals surface area contributed by atoms with Crippen LogP contribution >= 0.6 is 0 Å². The standard InChI is InChI=1S/C5H10O3/c1-3-2-4(6)8-5(3)7/h3-7H,2H2,1H3/t3?,4-,5+/m1/s1. The van der Waals surface area contributed by atoms with Crippen LogP contribution in [-0.4, -0.2) is 22.8 Å². The highest BCUT2D eigenvalue weighted by atomic mass is 16.7. The maximum Gasteiger partial charge on any atom is 0.160 e. The van der Waals surface area contributed by atoms with Crippen LogP contribution in [0, 0.1) is 5.92 Å². The molecular weight excluding hydrogens is 108 g/mol. The molecule has 1 rings (SSSR count). The summed E-state index contributed by atoms with van der Waals surface area (Å²) < 4.78 is 4.58. The molecule has 1 fully saturated rings. The van der Waals surface area contributed by atoms with Crippen molar-refractivity contribution in [3.63, 3.8) is 0 Å². The van der Waals surface area contributed by atoms with Crippen molar-refractivity contribution in [1.82, 2.24) is 0 Å². The van der Waals surface area contributed by atoms with Gasteiger partial charge in [-0.2, -0.15) is 0 Å². The number of hydrogen-bond acceptors (Lipinski definition) is 3. The minimum Gasteiger partial charge on any atom is -0.368 e. The Kier molecular flexibility index (Phi) is 1.51. The largest absolute Gasteiger partial charge is 0.368 e. The smallest absolute Gasteiger partial charge is 0.160 e. The molecule has 0 amide bonds. The van der Waals surface area contributed by atoms with Gasteiger partial charge in [0.2, 0.25) is 0 Å². The SMILES string of the molecule is CC1C[C@H](O)O[C@@H]1O. The zero-order valence-corrected chi connectivity index (χ0v) is 4.74. The zero-order chi connectivity index (χ0) is 6.15. The van der Waals surface area contributed by atoms with Crippen LogP contribution in [0.2, 0.25) is 0 Å². The predicted octanol–water partition coefficient (Wildman–Crippen LogP) is -0.320. The molecule has 3 heteroatoms. The minimum atomic E-state index is -0.759. The lowest BCUT2D eigenvalue weighted by atomic mass is 10.1. The van der Waals surface area contributed by atoms with Crippen LogP contribution in [0.4, 0.5) is 0 Å². The molecule has 0 aliphatic carbocycles. The summed E-state index contributed by atoms with van der Waals surface area (Å²) in [4.78, 5) is 0. The molecule has 3 atom stereocenters. The van der Waals surface area contributed by atoms with Crippen LogP contribution in [0.25, 0.3) is 0 Å². The Balaban J connectivity index is 2.39. The van der Waals surface area contributed by atoms with E-state index in [1.807, 2.05) is 6.92 Å². The highest BCUT2D eigenvalue weighted by Crippen LogP contribution is 2.21. The van der Waals surface area contributed by atoms with Gasteiger partial charge in [-0.25, -0.2) is 0 Å². The molecule has 0 radical (unpaired) electrons.